The van der Waals surface area contributed by atoms with E-state index in [9.17, 15) is 18.0 Å². The van der Waals surface area contributed by atoms with Crippen molar-refractivity contribution in [3.05, 3.63) is 53.6 Å². The topological polar surface area (TPSA) is 54.9 Å². The molecular weight excluding hydrogens is 375 g/mol. The number of benzene rings is 1. The molecule has 0 aliphatic carbocycles. The molecule has 0 bridgehead atoms. The van der Waals surface area contributed by atoms with Crippen molar-refractivity contribution in [2.45, 2.75) is 37.8 Å². The second kappa shape index (κ2) is 9.73. The van der Waals surface area contributed by atoms with Crippen LogP contribution in [0, 0.1) is 11.7 Å². The van der Waals surface area contributed by atoms with Gasteiger partial charge in [0.25, 0.3) is 11.8 Å². The highest BCUT2D eigenvalue weighted by atomic mass is 32.2. The monoisotopic (exact) mass is 397 g/mol. The molecule has 0 fully saturated rings. The number of rotatable bonds is 9. The molecule has 27 heavy (non-hydrogen) atoms. The van der Waals surface area contributed by atoms with Crippen LogP contribution in [0.1, 0.15) is 42.6 Å². The van der Waals surface area contributed by atoms with Crippen molar-refractivity contribution in [1.29, 1.82) is 0 Å². The van der Waals surface area contributed by atoms with Crippen molar-refractivity contribution >= 4 is 17.7 Å². The number of hydrogen-bond acceptors (Lipinski definition) is 4. The lowest BCUT2D eigenvalue weighted by Crippen LogP contribution is -2.25. The first-order chi connectivity index (χ1) is 12.8. The number of nitrogens with zero attached hydrogens (tertiary/aromatic N) is 2. The molecule has 0 saturated heterocycles. The lowest BCUT2D eigenvalue weighted by Gasteiger charge is -2.16. The molecule has 2 rings (SSSR count). The quantitative estimate of drug-likeness (QED) is 0.494. The number of nitrogens with one attached hydrogen (secondary N) is 1. The molecule has 0 saturated carbocycles. The zero-order valence-corrected chi connectivity index (χ0v) is 16.0. The predicted octanol–water partition coefficient (Wildman–Crippen LogP) is 4.67. The largest absolute Gasteiger partial charge is 0.352 e. The van der Waals surface area contributed by atoms with Crippen molar-refractivity contribution in [2.75, 3.05) is 12.3 Å². The minimum Gasteiger partial charge on any atom is -0.352 e. The fourth-order valence-corrected chi connectivity index (χ4v) is 2.99. The molecule has 1 aromatic heterocycles. The van der Waals surface area contributed by atoms with Crippen molar-refractivity contribution in [1.82, 2.24) is 15.3 Å². The van der Waals surface area contributed by atoms with Crippen molar-refractivity contribution in [2.24, 2.45) is 5.92 Å². The smallest absolute Gasteiger partial charge is 0.274 e. The number of hydrogen-bond donors (Lipinski definition) is 1. The van der Waals surface area contributed by atoms with Crippen LogP contribution in [0.15, 0.2) is 41.8 Å². The van der Waals surface area contributed by atoms with Gasteiger partial charge in [0.1, 0.15) is 5.82 Å². The van der Waals surface area contributed by atoms with Crippen molar-refractivity contribution in [3.8, 4) is 0 Å². The minimum atomic E-state index is -3.06. The summed E-state index contributed by atoms with van der Waals surface area (Å²) in [6, 6.07) is 4.21. The van der Waals surface area contributed by atoms with E-state index < -0.39 is 18.2 Å². The molecule has 0 aliphatic rings. The lowest BCUT2D eigenvalue weighted by molar-refractivity contribution is -0.00707. The van der Waals surface area contributed by atoms with Gasteiger partial charge in [-0.3, -0.25) is 4.79 Å². The van der Waals surface area contributed by atoms with E-state index in [0.29, 0.717) is 23.2 Å². The molecule has 1 amide bonds. The van der Waals surface area contributed by atoms with E-state index in [1.165, 1.54) is 12.4 Å². The highest BCUT2D eigenvalue weighted by molar-refractivity contribution is 7.99. The molecule has 2 aromatic rings. The van der Waals surface area contributed by atoms with Gasteiger partial charge in [-0.25, -0.2) is 23.1 Å². The molecule has 0 spiro atoms. The summed E-state index contributed by atoms with van der Waals surface area (Å²) >= 11 is 1.08. The number of carbonyl (C=O) groups excluding carboxylic acids is 1. The van der Waals surface area contributed by atoms with Crippen LogP contribution in [-0.4, -0.2) is 28.2 Å². The molecule has 8 heteroatoms. The molecule has 4 nitrogen and oxygen atoms in total. The molecule has 0 radical (unpaired) electrons. The first-order valence-electron chi connectivity index (χ1n) is 8.65. The Balaban J connectivity index is 1.82. The summed E-state index contributed by atoms with van der Waals surface area (Å²) in [6.07, 6.45) is 3.23. The zero-order valence-electron chi connectivity index (χ0n) is 15.2. The molecule has 1 N–H and O–H groups in total. The Morgan fingerprint density at radius 1 is 1.19 bits per heavy atom. The molecule has 0 atom stereocenters. The Labute approximate surface area is 161 Å². The minimum absolute atomic E-state index is 0.0876. The number of carbonyl (C=O) groups is 1. The van der Waals surface area contributed by atoms with Gasteiger partial charge in [0.15, 0.2) is 5.16 Å². The number of amides is 1. The third kappa shape index (κ3) is 6.86. The fourth-order valence-electron chi connectivity index (χ4n) is 2.19. The van der Waals surface area contributed by atoms with E-state index in [2.05, 4.69) is 29.1 Å². The van der Waals surface area contributed by atoms with Crippen LogP contribution in [0.3, 0.4) is 0 Å². The van der Waals surface area contributed by atoms with Gasteiger partial charge in [-0.2, -0.15) is 0 Å². The highest BCUT2D eigenvalue weighted by Crippen LogP contribution is 2.33. The summed E-state index contributed by atoms with van der Waals surface area (Å²) in [7, 11) is 0. The Hall–Kier alpha value is -2.09. The van der Waals surface area contributed by atoms with Crippen LogP contribution >= 0.6 is 11.8 Å². The predicted molar refractivity (Wildman–Crippen MR) is 99.5 cm³/mol. The maximum absolute atomic E-state index is 14.1. The van der Waals surface area contributed by atoms with Gasteiger partial charge >= 0.3 is 0 Å². The van der Waals surface area contributed by atoms with Gasteiger partial charge in [0.05, 0.1) is 5.56 Å². The number of halogens is 3. The summed E-state index contributed by atoms with van der Waals surface area (Å²) in [5.41, 5.74) is 0.110. The number of thioether (sulfide) groups is 1. The van der Waals surface area contributed by atoms with Crippen molar-refractivity contribution < 1.29 is 18.0 Å². The Morgan fingerprint density at radius 3 is 2.41 bits per heavy atom. The summed E-state index contributed by atoms with van der Waals surface area (Å²) in [5.74, 6) is -3.28. The van der Waals surface area contributed by atoms with Crippen LogP contribution < -0.4 is 5.32 Å². The van der Waals surface area contributed by atoms with Crippen LogP contribution in [-0.2, 0) is 5.92 Å². The van der Waals surface area contributed by atoms with E-state index in [4.69, 9.17) is 0 Å². The average Bonchev–Trinajstić information content (AvgIpc) is 2.62. The highest BCUT2D eigenvalue weighted by Gasteiger charge is 2.31. The van der Waals surface area contributed by atoms with E-state index >= 15 is 0 Å². The van der Waals surface area contributed by atoms with Gasteiger partial charge in [-0.15, -0.1) is 0 Å². The van der Waals surface area contributed by atoms with Crippen LogP contribution in [0.5, 0.6) is 0 Å². The maximum Gasteiger partial charge on any atom is 0.274 e. The molecule has 0 aliphatic heterocycles. The summed E-state index contributed by atoms with van der Waals surface area (Å²) in [4.78, 5) is 20.0. The summed E-state index contributed by atoms with van der Waals surface area (Å²) < 4.78 is 41.1. The second-order valence-corrected chi connectivity index (χ2v) is 7.56. The third-order valence-corrected chi connectivity index (χ3v) is 4.69. The summed E-state index contributed by atoms with van der Waals surface area (Å²) in [6.45, 7) is 4.72. The van der Waals surface area contributed by atoms with Gasteiger partial charge in [-0.1, -0.05) is 37.7 Å². The standard InChI is InChI=1S/C19H22F3N3OS/c1-13(2)7-9-23-17(26)14-11-24-18(25-12-14)27-10-8-19(21,22)15-3-5-16(20)6-4-15/h3-6,11-13H,7-10H2,1-2H3,(H,23,26). The zero-order chi connectivity index (χ0) is 19.9. The summed E-state index contributed by atoms with van der Waals surface area (Å²) in [5, 5.41) is 3.11. The number of alkyl halides is 2. The lowest BCUT2D eigenvalue weighted by atomic mass is 10.1. The number of aromatic nitrogens is 2. The van der Waals surface area contributed by atoms with Gasteiger partial charge in [0, 0.05) is 36.7 Å². The normalized spacial score (nSPS) is 11.6. The average molecular weight is 397 g/mol. The van der Waals surface area contributed by atoms with Gasteiger partial charge in [-0.05, 0) is 24.5 Å². The first-order valence-corrected chi connectivity index (χ1v) is 9.63. The van der Waals surface area contributed by atoms with Gasteiger partial charge in [0.2, 0.25) is 0 Å². The Morgan fingerprint density at radius 2 is 1.81 bits per heavy atom. The van der Waals surface area contributed by atoms with Gasteiger partial charge < -0.3 is 5.32 Å². The van der Waals surface area contributed by atoms with Crippen LogP contribution in [0.4, 0.5) is 13.2 Å². The molecule has 1 aromatic carbocycles. The molecular formula is C19H22F3N3OS. The Kier molecular flexibility index (Phi) is 7.65. The maximum atomic E-state index is 14.1. The fraction of sp³-hybridized carbons (Fsp3) is 0.421. The SMILES string of the molecule is CC(C)CCNC(=O)c1cnc(SCCC(F)(F)c2ccc(F)cc2)nc1. The van der Waals surface area contributed by atoms with E-state index in [0.717, 1.165) is 42.4 Å². The van der Waals surface area contributed by atoms with Crippen LogP contribution in [0.25, 0.3) is 0 Å². The third-order valence-electron chi connectivity index (χ3n) is 3.81. The van der Waals surface area contributed by atoms with E-state index in [-0.39, 0.29) is 17.2 Å². The molecule has 0 unspecified atom stereocenters. The van der Waals surface area contributed by atoms with Crippen molar-refractivity contribution in [3.63, 3.8) is 0 Å². The Bertz CT molecular complexity index is 737. The second-order valence-electron chi connectivity index (χ2n) is 6.50. The van der Waals surface area contributed by atoms with E-state index in [1.807, 2.05) is 0 Å². The van der Waals surface area contributed by atoms with Crippen LogP contribution in [0.2, 0.25) is 0 Å². The van der Waals surface area contributed by atoms with E-state index in [1.54, 1.807) is 0 Å². The first kappa shape index (κ1) is 21.2. The molecule has 146 valence electrons. The molecule has 1 heterocycles.